The van der Waals surface area contributed by atoms with Crippen molar-refractivity contribution in [3.05, 3.63) is 24.3 Å². The highest BCUT2D eigenvalue weighted by Crippen LogP contribution is 2.34. The van der Waals surface area contributed by atoms with Crippen LogP contribution in [-0.2, 0) is 12.1 Å². The van der Waals surface area contributed by atoms with Gasteiger partial charge in [-0.05, 0) is 25.3 Å². The van der Waals surface area contributed by atoms with Crippen LogP contribution in [0.4, 0.5) is 0 Å². The quantitative estimate of drug-likeness (QED) is 0.872. The van der Waals surface area contributed by atoms with Gasteiger partial charge in [0, 0.05) is 12.7 Å². The third-order valence-electron chi connectivity index (χ3n) is 4.44. The van der Waals surface area contributed by atoms with Crippen LogP contribution in [0.1, 0.15) is 57.7 Å². The summed E-state index contributed by atoms with van der Waals surface area (Å²) >= 11 is 0. The zero-order valence-electron chi connectivity index (χ0n) is 12.3. The van der Waals surface area contributed by atoms with E-state index in [4.69, 9.17) is 10.7 Å². The highest BCUT2D eigenvalue weighted by atomic mass is 15.1. The maximum atomic E-state index is 6.77. The van der Waals surface area contributed by atoms with Gasteiger partial charge in [-0.25, -0.2) is 4.98 Å². The molecule has 0 amide bonds. The molecule has 0 saturated heterocycles. The van der Waals surface area contributed by atoms with E-state index in [1.165, 1.54) is 31.2 Å². The minimum absolute atomic E-state index is 0.259. The van der Waals surface area contributed by atoms with Gasteiger partial charge in [0.05, 0.1) is 17.3 Å². The Morgan fingerprint density at radius 1 is 1.25 bits per heavy atom. The second-order valence-corrected chi connectivity index (χ2v) is 6.02. The fraction of sp³-hybridized carbons (Fsp3) is 0.625. The first-order valence-corrected chi connectivity index (χ1v) is 7.84. The van der Waals surface area contributed by atoms with Crippen LogP contribution in [0, 0.1) is 0 Å². The molecular formula is C16H24N4. The Balaban J connectivity index is 2.11. The first-order chi connectivity index (χ1) is 9.74. The molecule has 2 heterocycles. The van der Waals surface area contributed by atoms with Crippen LogP contribution in [-0.4, -0.2) is 14.5 Å². The third-order valence-corrected chi connectivity index (χ3v) is 4.44. The van der Waals surface area contributed by atoms with Crippen molar-refractivity contribution in [1.29, 1.82) is 0 Å². The summed E-state index contributed by atoms with van der Waals surface area (Å²) in [7, 11) is 0. The van der Waals surface area contributed by atoms with Crippen LogP contribution in [0.25, 0.3) is 11.0 Å². The van der Waals surface area contributed by atoms with Crippen molar-refractivity contribution in [3.8, 4) is 0 Å². The molecule has 1 saturated carbocycles. The standard InChI is InChI=1S/C16H24N4/c1-2-11-20-14-7-10-18-12-13(14)19-15(20)16(17)8-5-3-4-6-9-16/h7,10,12H,2-6,8-9,11,17H2,1H3. The normalized spacial score (nSPS) is 19.1. The maximum absolute atomic E-state index is 6.77. The number of fused-ring (bicyclic) bond motifs is 1. The molecule has 1 aliphatic rings. The number of rotatable bonds is 3. The molecule has 4 heteroatoms. The molecular weight excluding hydrogens is 248 g/mol. The van der Waals surface area contributed by atoms with Crippen molar-refractivity contribution in [3.63, 3.8) is 0 Å². The number of aromatic nitrogens is 3. The Labute approximate surface area is 120 Å². The number of hydrogen-bond acceptors (Lipinski definition) is 3. The SMILES string of the molecule is CCCn1c(C2(N)CCCCCC2)nc2cnccc21. The Kier molecular flexibility index (Phi) is 3.74. The summed E-state index contributed by atoms with van der Waals surface area (Å²) in [5, 5.41) is 0. The zero-order chi connectivity index (χ0) is 14.0. The molecule has 108 valence electrons. The van der Waals surface area contributed by atoms with Crippen molar-refractivity contribution >= 4 is 11.0 Å². The summed E-state index contributed by atoms with van der Waals surface area (Å²) < 4.78 is 2.32. The van der Waals surface area contributed by atoms with E-state index in [-0.39, 0.29) is 5.54 Å². The van der Waals surface area contributed by atoms with Gasteiger partial charge >= 0.3 is 0 Å². The number of pyridine rings is 1. The molecule has 2 N–H and O–H groups in total. The third kappa shape index (κ3) is 2.33. The summed E-state index contributed by atoms with van der Waals surface area (Å²) in [6.07, 6.45) is 11.9. The summed E-state index contributed by atoms with van der Waals surface area (Å²) in [5.74, 6) is 1.07. The average molecular weight is 272 g/mol. The number of nitrogens with two attached hydrogens (primary N) is 1. The van der Waals surface area contributed by atoms with E-state index in [2.05, 4.69) is 22.5 Å². The van der Waals surface area contributed by atoms with Crippen LogP contribution < -0.4 is 5.73 Å². The molecule has 0 unspecified atom stereocenters. The maximum Gasteiger partial charge on any atom is 0.130 e. The molecule has 0 aromatic carbocycles. The fourth-order valence-electron chi connectivity index (χ4n) is 3.39. The first kappa shape index (κ1) is 13.6. The number of nitrogens with zero attached hydrogens (tertiary/aromatic N) is 3. The van der Waals surface area contributed by atoms with Crippen LogP contribution in [0.3, 0.4) is 0 Å². The second kappa shape index (κ2) is 5.52. The molecule has 0 radical (unpaired) electrons. The van der Waals surface area contributed by atoms with Gasteiger partial charge < -0.3 is 10.3 Å². The van der Waals surface area contributed by atoms with Crippen LogP contribution in [0.15, 0.2) is 18.5 Å². The Bertz CT molecular complexity index is 579. The van der Waals surface area contributed by atoms with Crippen molar-refractivity contribution in [2.45, 2.75) is 64.0 Å². The summed E-state index contributed by atoms with van der Waals surface area (Å²) in [6, 6.07) is 2.06. The van der Waals surface area contributed by atoms with Crippen LogP contribution in [0.2, 0.25) is 0 Å². The van der Waals surface area contributed by atoms with Crippen LogP contribution >= 0.6 is 0 Å². The second-order valence-electron chi connectivity index (χ2n) is 6.02. The molecule has 20 heavy (non-hydrogen) atoms. The van der Waals surface area contributed by atoms with Gasteiger partial charge in [0.2, 0.25) is 0 Å². The monoisotopic (exact) mass is 272 g/mol. The summed E-state index contributed by atoms with van der Waals surface area (Å²) in [6.45, 7) is 3.18. The van der Waals surface area contributed by atoms with Gasteiger partial charge in [0.15, 0.2) is 0 Å². The molecule has 0 spiro atoms. The number of imidazole rings is 1. The van der Waals surface area contributed by atoms with Gasteiger partial charge in [0.1, 0.15) is 11.3 Å². The van der Waals surface area contributed by atoms with Crippen LogP contribution in [0.5, 0.6) is 0 Å². The zero-order valence-corrected chi connectivity index (χ0v) is 12.3. The molecule has 0 aliphatic heterocycles. The molecule has 0 bridgehead atoms. The van der Waals surface area contributed by atoms with E-state index < -0.39 is 0 Å². The molecule has 4 nitrogen and oxygen atoms in total. The lowest BCUT2D eigenvalue weighted by Crippen LogP contribution is -2.39. The molecule has 0 atom stereocenters. The molecule has 2 aromatic heterocycles. The van der Waals surface area contributed by atoms with Crippen molar-refractivity contribution in [1.82, 2.24) is 14.5 Å². The van der Waals surface area contributed by atoms with Crippen molar-refractivity contribution in [2.75, 3.05) is 0 Å². The molecule has 3 rings (SSSR count). The smallest absolute Gasteiger partial charge is 0.130 e. The van der Waals surface area contributed by atoms with Gasteiger partial charge in [-0.15, -0.1) is 0 Å². The van der Waals surface area contributed by atoms with Crippen molar-refractivity contribution < 1.29 is 0 Å². The Morgan fingerprint density at radius 2 is 2.00 bits per heavy atom. The highest BCUT2D eigenvalue weighted by molar-refractivity contribution is 5.75. The van der Waals surface area contributed by atoms with E-state index in [1.807, 2.05) is 12.4 Å². The van der Waals surface area contributed by atoms with E-state index in [0.29, 0.717) is 0 Å². The van der Waals surface area contributed by atoms with Gasteiger partial charge in [0.25, 0.3) is 0 Å². The molecule has 1 aliphatic carbocycles. The van der Waals surface area contributed by atoms with Gasteiger partial charge in [-0.3, -0.25) is 4.98 Å². The van der Waals surface area contributed by atoms with E-state index in [0.717, 1.165) is 37.1 Å². The van der Waals surface area contributed by atoms with Gasteiger partial charge in [-0.2, -0.15) is 0 Å². The van der Waals surface area contributed by atoms with Gasteiger partial charge in [-0.1, -0.05) is 32.6 Å². The topological polar surface area (TPSA) is 56.7 Å². The number of aryl methyl sites for hydroxylation is 1. The Hall–Kier alpha value is -1.42. The van der Waals surface area contributed by atoms with E-state index in [1.54, 1.807) is 0 Å². The first-order valence-electron chi connectivity index (χ1n) is 7.84. The largest absolute Gasteiger partial charge is 0.326 e. The highest BCUT2D eigenvalue weighted by Gasteiger charge is 2.33. The fourth-order valence-corrected chi connectivity index (χ4v) is 3.39. The van der Waals surface area contributed by atoms with Crippen molar-refractivity contribution in [2.24, 2.45) is 5.73 Å². The Morgan fingerprint density at radius 3 is 2.70 bits per heavy atom. The lowest BCUT2D eigenvalue weighted by Gasteiger charge is -2.28. The lowest BCUT2D eigenvalue weighted by molar-refractivity contribution is 0.348. The number of hydrogen-bond donors (Lipinski definition) is 1. The molecule has 1 fully saturated rings. The summed E-state index contributed by atoms with van der Waals surface area (Å²) in [4.78, 5) is 9.04. The van der Waals surface area contributed by atoms with E-state index in [9.17, 15) is 0 Å². The summed E-state index contributed by atoms with van der Waals surface area (Å²) in [5.41, 5.74) is 8.66. The minimum atomic E-state index is -0.259. The predicted octanol–water partition coefficient (Wildman–Crippen LogP) is 3.35. The molecule has 2 aromatic rings. The van der Waals surface area contributed by atoms with E-state index >= 15 is 0 Å². The minimum Gasteiger partial charge on any atom is -0.326 e. The average Bonchev–Trinajstić information content (AvgIpc) is 2.68. The lowest BCUT2D eigenvalue weighted by atomic mass is 9.90. The predicted molar refractivity (Wildman–Crippen MR) is 81.4 cm³/mol.